The molecule has 0 aromatic carbocycles. The Bertz CT molecular complexity index is 60.8. The van der Waals surface area contributed by atoms with Gasteiger partial charge in [-0.3, -0.25) is 0 Å². The minimum atomic E-state index is 0.139. The normalized spacial score (nSPS) is 7.58. The quantitative estimate of drug-likeness (QED) is 0.650. The third-order valence-corrected chi connectivity index (χ3v) is 0.385. The fraction of sp³-hybridized carbons (Fsp3) is 0.889. The summed E-state index contributed by atoms with van der Waals surface area (Å²) >= 11 is 0. The van der Waals surface area contributed by atoms with Gasteiger partial charge in [-0.1, -0.05) is 20.8 Å². The van der Waals surface area contributed by atoms with Crippen LogP contribution in [0.1, 0.15) is 27.7 Å². The minimum Gasteiger partial charge on any atom is -0.385 e. The van der Waals surface area contributed by atoms with Crippen molar-refractivity contribution in [3.63, 3.8) is 0 Å². The lowest BCUT2D eigenvalue weighted by Gasteiger charge is -1.79. The Morgan fingerprint density at radius 3 is 1.58 bits per heavy atom. The van der Waals surface area contributed by atoms with Crippen LogP contribution in [0, 0.1) is 5.92 Å². The molecule has 0 radical (unpaired) electrons. The van der Waals surface area contributed by atoms with Crippen LogP contribution in [-0.2, 0) is 9.53 Å². The number of carbonyl (C=O) groups excluding carboxylic acids is 1. The third-order valence-electron chi connectivity index (χ3n) is 0.385. The van der Waals surface area contributed by atoms with Crippen LogP contribution >= 0.6 is 0 Å². The van der Waals surface area contributed by atoms with Gasteiger partial charge in [0.05, 0.1) is 0 Å². The summed E-state index contributed by atoms with van der Waals surface area (Å²) in [5.74, 6) is 0.833. The van der Waals surface area contributed by atoms with Gasteiger partial charge in [0.15, 0.2) is 0 Å². The van der Waals surface area contributed by atoms with Crippen LogP contribution in [0.5, 0.6) is 0 Å². The maximum absolute atomic E-state index is 9.05. The van der Waals surface area contributed by atoms with Crippen LogP contribution in [0.3, 0.4) is 0 Å². The number of hydrogen-bond donors (Lipinski definition) is 1. The maximum Gasteiger partial charge on any atom is 0.133 e. The van der Waals surface area contributed by atoms with Crippen molar-refractivity contribution in [3.8, 4) is 0 Å². The average Bonchev–Trinajstić information content (AvgIpc) is 2.03. The number of methoxy groups -OCH3 is 1. The Morgan fingerprint density at radius 2 is 1.58 bits per heavy atom. The molecule has 3 nitrogen and oxygen atoms in total. The van der Waals surface area contributed by atoms with Crippen LogP contribution in [-0.4, -0.2) is 26.5 Å². The van der Waals surface area contributed by atoms with E-state index in [1.807, 2.05) is 6.92 Å². The fourth-order valence-electron chi connectivity index (χ4n) is 0. The van der Waals surface area contributed by atoms with Gasteiger partial charge in [-0.25, -0.2) is 0 Å². The number of rotatable bonds is 2. The molecule has 76 valence electrons. The predicted octanol–water partition coefficient (Wildman–Crippen LogP) is 1.46. The predicted molar refractivity (Wildman–Crippen MR) is 53.2 cm³/mol. The van der Waals surface area contributed by atoms with E-state index in [1.54, 1.807) is 7.11 Å². The smallest absolute Gasteiger partial charge is 0.133 e. The molecule has 0 saturated carbocycles. The van der Waals surface area contributed by atoms with Crippen molar-refractivity contribution in [2.75, 3.05) is 20.3 Å². The molecule has 0 unspecified atom stereocenters. The molecule has 0 aliphatic heterocycles. The second-order valence-corrected chi connectivity index (χ2v) is 2.71. The van der Waals surface area contributed by atoms with Gasteiger partial charge >= 0.3 is 0 Å². The lowest BCUT2D eigenvalue weighted by Crippen LogP contribution is -1.97. The molecule has 0 fully saturated rings. The van der Waals surface area contributed by atoms with Gasteiger partial charge in [-0.15, -0.1) is 0 Å². The molecule has 0 aliphatic carbocycles. The van der Waals surface area contributed by atoms with Gasteiger partial charge in [0.2, 0.25) is 0 Å². The van der Waals surface area contributed by atoms with Gasteiger partial charge in [0.1, 0.15) is 6.29 Å². The van der Waals surface area contributed by atoms with Crippen LogP contribution < -0.4 is 5.73 Å². The molecular formula is C9H23NO2. The maximum atomic E-state index is 9.05. The second-order valence-electron chi connectivity index (χ2n) is 2.71. The molecule has 0 rings (SSSR count). The molecule has 3 heteroatoms. The first-order valence-electron chi connectivity index (χ1n) is 4.19. The van der Waals surface area contributed by atoms with Gasteiger partial charge < -0.3 is 15.3 Å². The molecule has 0 atom stereocenters. The second kappa shape index (κ2) is 22.4. The summed E-state index contributed by atoms with van der Waals surface area (Å²) < 4.78 is 4.54. The zero-order valence-corrected chi connectivity index (χ0v) is 8.96. The Hall–Kier alpha value is -0.410. The summed E-state index contributed by atoms with van der Waals surface area (Å²) in [5.41, 5.74) is 4.66. The summed E-state index contributed by atoms with van der Waals surface area (Å²) in [6.07, 6.45) is 0.653. The summed E-state index contributed by atoms with van der Waals surface area (Å²) in [6.45, 7) is 9.42. The number of ether oxygens (including phenoxy) is 1. The van der Waals surface area contributed by atoms with Gasteiger partial charge in [-0.05, 0) is 12.8 Å². The Labute approximate surface area is 76.3 Å². The number of hydrogen-bond acceptors (Lipinski definition) is 3. The number of aldehydes is 1. The molecule has 0 spiro atoms. The van der Waals surface area contributed by atoms with Crippen LogP contribution in [0.2, 0.25) is 0 Å². The van der Waals surface area contributed by atoms with Crippen molar-refractivity contribution < 1.29 is 9.53 Å². The monoisotopic (exact) mass is 177 g/mol. The highest BCUT2D eigenvalue weighted by molar-refractivity contribution is 5.51. The summed E-state index contributed by atoms with van der Waals surface area (Å²) in [4.78, 5) is 9.05. The molecule has 0 bridgehead atoms. The molecule has 0 aromatic rings. The molecule has 12 heavy (non-hydrogen) atoms. The van der Waals surface area contributed by atoms with Crippen molar-refractivity contribution in [1.29, 1.82) is 0 Å². The van der Waals surface area contributed by atoms with Gasteiger partial charge in [-0.2, -0.15) is 0 Å². The molecule has 0 amide bonds. The van der Waals surface area contributed by atoms with Crippen LogP contribution in [0.4, 0.5) is 0 Å². The van der Waals surface area contributed by atoms with E-state index in [0.29, 0.717) is 6.29 Å². The van der Waals surface area contributed by atoms with Crippen molar-refractivity contribution in [1.82, 2.24) is 0 Å². The van der Waals surface area contributed by atoms with E-state index >= 15 is 0 Å². The van der Waals surface area contributed by atoms with Crippen molar-refractivity contribution in [2.45, 2.75) is 27.7 Å². The van der Waals surface area contributed by atoms with Crippen molar-refractivity contribution >= 4 is 6.29 Å². The molecular weight excluding hydrogens is 154 g/mol. The van der Waals surface area contributed by atoms with E-state index in [0.717, 1.165) is 12.5 Å². The van der Waals surface area contributed by atoms with Crippen LogP contribution in [0.25, 0.3) is 0 Å². The van der Waals surface area contributed by atoms with E-state index in [9.17, 15) is 0 Å². The standard InChI is InChI=1S/C4H10.C3H8O.C2H5NO/c1-4(2)3;1-3-4-2;3-1-2-4/h4H,1-3H3;3H2,1-2H3;2H,1,3H2. The SMILES string of the molecule is CC(C)C.CCOC.NCC=O. The first kappa shape index (κ1) is 17.6. The lowest BCUT2D eigenvalue weighted by molar-refractivity contribution is -0.106. The zero-order chi connectivity index (χ0) is 10.4. The van der Waals surface area contributed by atoms with Gasteiger partial charge in [0, 0.05) is 20.3 Å². The van der Waals surface area contributed by atoms with Crippen molar-refractivity contribution in [3.05, 3.63) is 0 Å². The lowest BCUT2D eigenvalue weighted by atomic mass is 10.3. The summed E-state index contributed by atoms with van der Waals surface area (Å²) in [7, 11) is 1.68. The largest absolute Gasteiger partial charge is 0.385 e. The Kier molecular flexibility index (Phi) is 32.9. The van der Waals surface area contributed by atoms with E-state index in [-0.39, 0.29) is 6.54 Å². The molecule has 0 aliphatic rings. The summed E-state index contributed by atoms with van der Waals surface area (Å²) in [5, 5.41) is 0. The highest BCUT2D eigenvalue weighted by atomic mass is 16.5. The van der Waals surface area contributed by atoms with E-state index in [4.69, 9.17) is 4.79 Å². The van der Waals surface area contributed by atoms with E-state index in [1.165, 1.54) is 0 Å². The number of carbonyl (C=O) groups is 1. The molecule has 0 heterocycles. The third kappa shape index (κ3) is 280. The van der Waals surface area contributed by atoms with E-state index < -0.39 is 0 Å². The zero-order valence-electron chi connectivity index (χ0n) is 8.96. The molecule has 2 N–H and O–H groups in total. The van der Waals surface area contributed by atoms with Crippen molar-refractivity contribution in [2.24, 2.45) is 11.7 Å². The first-order valence-corrected chi connectivity index (χ1v) is 4.19. The molecule has 0 saturated heterocycles. The number of nitrogens with two attached hydrogens (primary N) is 1. The minimum absolute atomic E-state index is 0.139. The fourth-order valence-corrected chi connectivity index (χ4v) is 0. The highest BCUT2D eigenvalue weighted by Gasteiger charge is 1.68. The average molecular weight is 177 g/mol. The Morgan fingerprint density at radius 1 is 1.42 bits per heavy atom. The first-order chi connectivity index (χ1) is 5.56. The van der Waals surface area contributed by atoms with Gasteiger partial charge in [0.25, 0.3) is 0 Å². The topological polar surface area (TPSA) is 52.3 Å². The highest BCUT2D eigenvalue weighted by Crippen LogP contribution is 1.81. The molecule has 0 aromatic heterocycles. The summed E-state index contributed by atoms with van der Waals surface area (Å²) in [6, 6.07) is 0. The Balaban J connectivity index is -0.000000101. The van der Waals surface area contributed by atoms with E-state index in [2.05, 4.69) is 31.2 Å². The van der Waals surface area contributed by atoms with Crippen LogP contribution in [0.15, 0.2) is 0 Å².